The van der Waals surface area contributed by atoms with Crippen molar-refractivity contribution in [1.82, 2.24) is 0 Å². The van der Waals surface area contributed by atoms with Crippen LogP contribution in [0.1, 0.15) is 12.0 Å². The lowest BCUT2D eigenvalue weighted by Gasteiger charge is -1.99. The van der Waals surface area contributed by atoms with Gasteiger partial charge in [-0.3, -0.25) is 0 Å². The third-order valence-electron chi connectivity index (χ3n) is 1.23. The fourth-order valence-electron chi connectivity index (χ4n) is 0.708. The molecule has 1 aromatic heterocycles. The molecule has 1 aromatic rings. The highest BCUT2D eigenvalue weighted by Gasteiger charge is 1.95. The van der Waals surface area contributed by atoms with Gasteiger partial charge in [0.25, 0.3) is 0 Å². The van der Waals surface area contributed by atoms with Crippen LogP contribution in [0.3, 0.4) is 0 Å². The Bertz CT molecular complexity index is 210. The minimum absolute atomic E-state index is 0.671. The Hall–Kier alpha value is -0.210. The summed E-state index contributed by atoms with van der Waals surface area (Å²) in [6.07, 6.45) is 0.915. The Morgan fingerprint density at radius 3 is 3.00 bits per heavy atom. The van der Waals surface area contributed by atoms with Crippen molar-refractivity contribution >= 4 is 22.9 Å². The summed E-state index contributed by atoms with van der Waals surface area (Å²) in [5, 5.41) is 3.07. The maximum Gasteiger partial charge on any atom is 0.173 e. The molecule has 0 aliphatic heterocycles. The summed E-state index contributed by atoms with van der Waals surface area (Å²) in [4.78, 5) is 0. The van der Waals surface area contributed by atoms with Crippen molar-refractivity contribution in [2.75, 3.05) is 12.5 Å². The first-order chi connectivity index (χ1) is 5.33. The Kier molecular flexibility index (Phi) is 3.73. The van der Waals surface area contributed by atoms with E-state index in [1.54, 1.807) is 11.3 Å². The largest absolute Gasteiger partial charge is 0.484 e. The third kappa shape index (κ3) is 3.12. The second-order valence-corrected chi connectivity index (χ2v) is 3.59. The first-order valence-electron chi connectivity index (χ1n) is 3.57. The van der Waals surface area contributed by atoms with Crippen molar-refractivity contribution in [3.63, 3.8) is 0 Å². The van der Waals surface area contributed by atoms with Gasteiger partial charge in [-0.2, -0.15) is 0 Å². The first kappa shape index (κ1) is 8.88. The average molecular weight is 191 g/mol. The third-order valence-corrected chi connectivity index (χ3v) is 2.45. The minimum atomic E-state index is 0.671. The van der Waals surface area contributed by atoms with Gasteiger partial charge in [-0.05, 0) is 30.4 Å². The smallest absolute Gasteiger partial charge is 0.173 e. The predicted octanol–water partition coefficient (Wildman–Crippen LogP) is 3.06. The van der Waals surface area contributed by atoms with Gasteiger partial charge in [0.2, 0.25) is 0 Å². The molecule has 0 radical (unpaired) electrons. The number of thiophene rings is 1. The Morgan fingerprint density at radius 2 is 2.45 bits per heavy atom. The van der Waals surface area contributed by atoms with E-state index in [1.165, 1.54) is 5.56 Å². The maximum absolute atomic E-state index is 5.50. The van der Waals surface area contributed by atoms with E-state index in [9.17, 15) is 0 Å². The minimum Gasteiger partial charge on any atom is -0.484 e. The molecule has 11 heavy (non-hydrogen) atoms. The highest BCUT2D eigenvalue weighted by Crippen LogP contribution is 2.22. The maximum atomic E-state index is 5.50. The van der Waals surface area contributed by atoms with Crippen molar-refractivity contribution < 1.29 is 4.74 Å². The van der Waals surface area contributed by atoms with E-state index >= 15 is 0 Å². The van der Waals surface area contributed by atoms with Crippen LogP contribution in [0.5, 0.6) is 5.06 Å². The molecule has 0 amide bonds. The molecule has 0 aliphatic rings. The van der Waals surface area contributed by atoms with E-state index in [-0.39, 0.29) is 0 Å². The van der Waals surface area contributed by atoms with Crippen molar-refractivity contribution in [3.05, 3.63) is 17.0 Å². The zero-order valence-electron chi connectivity index (χ0n) is 6.47. The van der Waals surface area contributed by atoms with Gasteiger partial charge in [-0.1, -0.05) is 0 Å². The summed E-state index contributed by atoms with van der Waals surface area (Å²) in [7, 11) is 0. The van der Waals surface area contributed by atoms with Crippen LogP contribution >= 0.6 is 22.9 Å². The molecule has 0 saturated carbocycles. The van der Waals surface area contributed by atoms with Crippen LogP contribution in [0.15, 0.2) is 11.4 Å². The molecule has 0 fully saturated rings. The molecule has 3 heteroatoms. The normalized spacial score (nSPS) is 10.0. The highest BCUT2D eigenvalue weighted by atomic mass is 35.5. The number of halogens is 1. The molecule has 0 bridgehead atoms. The lowest BCUT2D eigenvalue weighted by Crippen LogP contribution is -1.95. The van der Waals surface area contributed by atoms with E-state index in [0.717, 1.165) is 18.1 Å². The van der Waals surface area contributed by atoms with Crippen molar-refractivity contribution in [2.24, 2.45) is 0 Å². The SMILES string of the molecule is Cc1csc(OCCCCl)c1. The standard InChI is InChI=1S/C8H11ClOS/c1-7-5-8(11-6-7)10-4-2-3-9/h5-6H,2-4H2,1H3. The van der Waals surface area contributed by atoms with Crippen LogP contribution in [0, 0.1) is 6.92 Å². The fraction of sp³-hybridized carbons (Fsp3) is 0.500. The van der Waals surface area contributed by atoms with Gasteiger partial charge in [-0.15, -0.1) is 22.9 Å². The fourth-order valence-corrected chi connectivity index (χ4v) is 1.59. The molecule has 0 N–H and O–H groups in total. The summed E-state index contributed by atoms with van der Waals surface area (Å²) in [6.45, 7) is 2.79. The molecule has 0 unspecified atom stereocenters. The molecule has 0 atom stereocenters. The summed E-state index contributed by atoms with van der Waals surface area (Å²) >= 11 is 7.13. The van der Waals surface area contributed by atoms with Gasteiger partial charge in [0, 0.05) is 5.88 Å². The predicted molar refractivity (Wildman–Crippen MR) is 49.9 cm³/mol. The zero-order chi connectivity index (χ0) is 8.10. The number of hydrogen-bond acceptors (Lipinski definition) is 2. The second kappa shape index (κ2) is 4.62. The van der Waals surface area contributed by atoms with E-state index in [2.05, 4.69) is 12.3 Å². The van der Waals surface area contributed by atoms with Crippen LogP contribution in [0.2, 0.25) is 0 Å². The number of ether oxygens (including phenoxy) is 1. The molecule has 1 heterocycles. The Balaban J connectivity index is 2.27. The Labute approximate surface area is 75.9 Å². The number of rotatable bonds is 4. The molecule has 1 nitrogen and oxygen atoms in total. The van der Waals surface area contributed by atoms with Crippen molar-refractivity contribution in [1.29, 1.82) is 0 Å². The van der Waals surface area contributed by atoms with E-state index in [4.69, 9.17) is 16.3 Å². The monoisotopic (exact) mass is 190 g/mol. The summed E-state index contributed by atoms with van der Waals surface area (Å²) < 4.78 is 5.40. The molecule has 1 rings (SSSR count). The lowest BCUT2D eigenvalue weighted by atomic mass is 10.4. The number of aryl methyl sites for hydroxylation is 1. The van der Waals surface area contributed by atoms with Gasteiger partial charge in [0.05, 0.1) is 6.61 Å². The van der Waals surface area contributed by atoms with Gasteiger partial charge in [0.15, 0.2) is 5.06 Å². The van der Waals surface area contributed by atoms with Gasteiger partial charge < -0.3 is 4.74 Å². The first-order valence-corrected chi connectivity index (χ1v) is 4.98. The molecule has 0 saturated heterocycles. The average Bonchev–Trinajstić information content (AvgIpc) is 2.37. The van der Waals surface area contributed by atoms with Crippen molar-refractivity contribution in [3.8, 4) is 5.06 Å². The Morgan fingerprint density at radius 1 is 1.64 bits per heavy atom. The summed E-state index contributed by atoms with van der Waals surface area (Å²) in [5.41, 5.74) is 1.26. The summed E-state index contributed by atoms with van der Waals surface area (Å²) in [6, 6.07) is 2.04. The number of alkyl halides is 1. The van der Waals surface area contributed by atoms with E-state index < -0.39 is 0 Å². The van der Waals surface area contributed by atoms with Gasteiger partial charge in [-0.25, -0.2) is 0 Å². The van der Waals surface area contributed by atoms with E-state index in [0.29, 0.717) is 5.88 Å². The van der Waals surface area contributed by atoms with Gasteiger partial charge >= 0.3 is 0 Å². The molecular weight excluding hydrogens is 180 g/mol. The highest BCUT2D eigenvalue weighted by molar-refractivity contribution is 7.11. The van der Waals surface area contributed by atoms with Crippen LogP contribution in [0.4, 0.5) is 0 Å². The van der Waals surface area contributed by atoms with Crippen LogP contribution < -0.4 is 4.74 Å². The molecule has 0 aromatic carbocycles. The van der Waals surface area contributed by atoms with Crippen LogP contribution in [-0.4, -0.2) is 12.5 Å². The molecule has 62 valence electrons. The molecule has 0 aliphatic carbocycles. The van der Waals surface area contributed by atoms with Crippen LogP contribution in [-0.2, 0) is 0 Å². The van der Waals surface area contributed by atoms with E-state index in [1.807, 2.05) is 6.07 Å². The topological polar surface area (TPSA) is 9.23 Å². The number of hydrogen-bond donors (Lipinski definition) is 0. The second-order valence-electron chi connectivity index (χ2n) is 2.33. The summed E-state index contributed by atoms with van der Waals surface area (Å²) in [5.74, 6) is 0.671. The van der Waals surface area contributed by atoms with Gasteiger partial charge in [0.1, 0.15) is 0 Å². The van der Waals surface area contributed by atoms with Crippen molar-refractivity contribution in [2.45, 2.75) is 13.3 Å². The lowest BCUT2D eigenvalue weighted by molar-refractivity contribution is 0.327. The zero-order valence-corrected chi connectivity index (χ0v) is 8.04. The molecular formula is C8H11ClOS. The van der Waals surface area contributed by atoms with Crippen LogP contribution in [0.25, 0.3) is 0 Å². The quantitative estimate of drug-likeness (QED) is 0.524. The molecule has 0 spiro atoms.